The van der Waals surface area contributed by atoms with Gasteiger partial charge in [0.25, 0.3) is 0 Å². The second kappa shape index (κ2) is 7.57. The van der Waals surface area contributed by atoms with E-state index >= 15 is 0 Å². The lowest BCUT2D eigenvalue weighted by molar-refractivity contribution is 0.247. The number of hydrazine groups is 1. The number of nitrogens with two attached hydrogens (primary N) is 1. The van der Waals surface area contributed by atoms with Crippen molar-refractivity contribution in [2.75, 3.05) is 18.6 Å². The van der Waals surface area contributed by atoms with Crippen molar-refractivity contribution in [3.63, 3.8) is 0 Å². The van der Waals surface area contributed by atoms with Crippen LogP contribution in [0.5, 0.6) is 11.5 Å². The number of hydrogen-bond donors (Lipinski definition) is 2. The van der Waals surface area contributed by atoms with Gasteiger partial charge in [-0.25, -0.2) is 10.8 Å². The van der Waals surface area contributed by atoms with Gasteiger partial charge >= 0.3 is 0 Å². The number of pyridine rings is 1. The first-order valence-electron chi connectivity index (χ1n) is 6.22. The number of anilines is 1. The molecule has 1 aromatic carbocycles. The highest BCUT2D eigenvalue weighted by atomic mass is 35.5. The van der Waals surface area contributed by atoms with E-state index in [-0.39, 0.29) is 0 Å². The summed E-state index contributed by atoms with van der Waals surface area (Å²) in [5.74, 6) is 7.28. The summed E-state index contributed by atoms with van der Waals surface area (Å²) in [6.45, 7) is 1.08. The molecule has 0 unspecified atom stereocenters. The van der Waals surface area contributed by atoms with Crippen LogP contribution in [0, 0.1) is 0 Å². The molecule has 1 aromatic heterocycles. The normalized spacial score (nSPS) is 10.1. The van der Waals surface area contributed by atoms with Crippen molar-refractivity contribution >= 4 is 17.4 Å². The Bertz CT molecular complexity index is 534. The summed E-state index contributed by atoms with van der Waals surface area (Å²) in [5.41, 5.74) is 2.49. The van der Waals surface area contributed by atoms with Gasteiger partial charge in [0.2, 0.25) is 0 Å². The molecule has 0 aliphatic heterocycles. The van der Waals surface area contributed by atoms with Gasteiger partial charge in [-0.15, -0.1) is 0 Å². The first kappa shape index (κ1) is 14.4. The Morgan fingerprint density at radius 2 is 1.85 bits per heavy atom. The average Bonchev–Trinajstić information content (AvgIpc) is 2.49. The molecule has 2 aromatic rings. The Balaban J connectivity index is 1.70. The molecule has 106 valence electrons. The Labute approximate surface area is 122 Å². The predicted molar refractivity (Wildman–Crippen MR) is 79.1 cm³/mol. The third-order valence-electron chi connectivity index (χ3n) is 2.54. The topological polar surface area (TPSA) is 69.4 Å². The maximum Gasteiger partial charge on any atom is 0.182 e. The van der Waals surface area contributed by atoms with Gasteiger partial charge < -0.3 is 14.9 Å². The fraction of sp³-hybridized carbons (Fsp3) is 0.214. The maximum absolute atomic E-state index is 5.79. The lowest BCUT2D eigenvalue weighted by Crippen LogP contribution is -2.11. The van der Waals surface area contributed by atoms with E-state index in [9.17, 15) is 0 Å². The Morgan fingerprint density at radius 1 is 1.10 bits per heavy atom. The van der Waals surface area contributed by atoms with Crippen LogP contribution in [0.4, 0.5) is 5.82 Å². The van der Waals surface area contributed by atoms with E-state index in [1.165, 1.54) is 0 Å². The van der Waals surface area contributed by atoms with E-state index in [1.54, 1.807) is 24.4 Å². The first-order valence-corrected chi connectivity index (χ1v) is 6.60. The molecular weight excluding hydrogens is 278 g/mol. The van der Waals surface area contributed by atoms with E-state index in [0.717, 1.165) is 12.2 Å². The Hall–Kier alpha value is -1.98. The minimum atomic E-state index is 0.520. The van der Waals surface area contributed by atoms with Crippen molar-refractivity contribution in [2.24, 2.45) is 5.84 Å². The van der Waals surface area contributed by atoms with Crippen LogP contribution in [0.25, 0.3) is 0 Å². The molecule has 0 spiro atoms. The summed E-state index contributed by atoms with van der Waals surface area (Å²) in [5, 5.41) is 0.694. The zero-order chi connectivity index (χ0) is 14.2. The van der Waals surface area contributed by atoms with Crippen LogP contribution in [0.1, 0.15) is 6.42 Å². The molecule has 6 heteroatoms. The molecular formula is C14H16ClN3O2. The third-order valence-corrected chi connectivity index (χ3v) is 2.79. The monoisotopic (exact) mass is 293 g/mol. The summed E-state index contributed by atoms with van der Waals surface area (Å²) >= 11 is 5.79. The number of rotatable bonds is 7. The van der Waals surface area contributed by atoms with E-state index in [0.29, 0.717) is 29.8 Å². The summed E-state index contributed by atoms with van der Waals surface area (Å²) in [7, 11) is 0. The first-order chi connectivity index (χ1) is 9.79. The standard InChI is InChI=1S/C14H16ClN3O2/c15-11-4-6-12(7-5-11)19-9-2-10-20-13-3-1-8-17-14(13)18-16/h1,3-8H,2,9-10,16H2,(H,17,18). The molecule has 0 saturated carbocycles. The van der Waals surface area contributed by atoms with Gasteiger partial charge in [0.05, 0.1) is 13.2 Å². The van der Waals surface area contributed by atoms with Gasteiger partial charge in [-0.2, -0.15) is 0 Å². The molecule has 3 N–H and O–H groups in total. The van der Waals surface area contributed by atoms with E-state index in [4.69, 9.17) is 26.9 Å². The van der Waals surface area contributed by atoms with Crippen LogP contribution in [-0.2, 0) is 0 Å². The number of benzene rings is 1. The van der Waals surface area contributed by atoms with Crippen molar-refractivity contribution in [2.45, 2.75) is 6.42 Å². The summed E-state index contributed by atoms with van der Waals surface area (Å²) in [6, 6.07) is 10.9. The molecule has 0 radical (unpaired) electrons. The molecule has 5 nitrogen and oxygen atoms in total. The number of hydrogen-bond acceptors (Lipinski definition) is 5. The van der Waals surface area contributed by atoms with Gasteiger partial charge in [0, 0.05) is 17.6 Å². The van der Waals surface area contributed by atoms with Crippen molar-refractivity contribution in [3.8, 4) is 11.5 Å². The lowest BCUT2D eigenvalue weighted by atomic mass is 10.3. The van der Waals surface area contributed by atoms with Crippen LogP contribution in [-0.4, -0.2) is 18.2 Å². The zero-order valence-electron chi connectivity index (χ0n) is 10.9. The van der Waals surface area contributed by atoms with Crippen LogP contribution in [0.3, 0.4) is 0 Å². The van der Waals surface area contributed by atoms with Crippen molar-refractivity contribution in [3.05, 3.63) is 47.6 Å². The molecule has 0 aliphatic carbocycles. The Kier molecular flexibility index (Phi) is 5.46. The smallest absolute Gasteiger partial charge is 0.182 e. The second-order valence-electron chi connectivity index (χ2n) is 4.00. The minimum Gasteiger partial charge on any atom is -0.493 e. The maximum atomic E-state index is 5.79. The van der Waals surface area contributed by atoms with Gasteiger partial charge in [-0.05, 0) is 36.4 Å². The van der Waals surface area contributed by atoms with E-state index < -0.39 is 0 Å². The molecule has 0 aliphatic rings. The van der Waals surface area contributed by atoms with Gasteiger partial charge in [-0.3, -0.25) is 0 Å². The summed E-state index contributed by atoms with van der Waals surface area (Å²) < 4.78 is 11.1. The number of halogens is 1. The van der Waals surface area contributed by atoms with Crippen molar-refractivity contribution in [1.82, 2.24) is 4.98 Å². The SMILES string of the molecule is NNc1ncccc1OCCCOc1ccc(Cl)cc1. The van der Waals surface area contributed by atoms with Crippen LogP contribution >= 0.6 is 11.6 Å². The lowest BCUT2D eigenvalue weighted by Gasteiger charge is -2.10. The highest BCUT2D eigenvalue weighted by Crippen LogP contribution is 2.19. The fourth-order valence-corrected chi connectivity index (χ4v) is 1.70. The van der Waals surface area contributed by atoms with Crippen LogP contribution in [0.2, 0.25) is 5.02 Å². The number of aromatic nitrogens is 1. The average molecular weight is 294 g/mol. The highest BCUT2D eigenvalue weighted by Gasteiger charge is 2.02. The molecule has 0 atom stereocenters. The predicted octanol–water partition coefficient (Wildman–Crippen LogP) is 2.87. The molecule has 1 heterocycles. The fourth-order valence-electron chi connectivity index (χ4n) is 1.58. The van der Waals surface area contributed by atoms with Crippen LogP contribution in [0.15, 0.2) is 42.6 Å². The molecule has 0 saturated heterocycles. The number of nitrogens with one attached hydrogen (secondary N) is 1. The quantitative estimate of drug-likeness (QED) is 0.467. The number of nitrogens with zero attached hydrogens (tertiary/aromatic N) is 1. The largest absolute Gasteiger partial charge is 0.493 e. The van der Waals surface area contributed by atoms with E-state index in [1.807, 2.05) is 18.2 Å². The van der Waals surface area contributed by atoms with Gasteiger partial charge in [-0.1, -0.05) is 11.6 Å². The molecule has 0 fully saturated rings. The number of ether oxygens (including phenoxy) is 2. The molecule has 0 bridgehead atoms. The van der Waals surface area contributed by atoms with Gasteiger partial charge in [0.15, 0.2) is 11.6 Å². The highest BCUT2D eigenvalue weighted by molar-refractivity contribution is 6.30. The minimum absolute atomic E-state index is 0.520. The van der Waals surface area contributed by atoms with E-state index in [2.05, 4.69) is 10.4 Å². The molecule has 0 amide bonds. The Morgan fingerprint density at radius 3 is 2.60 bits per heavy atom. The molecule has 20 heavy (non-hydrogen) atoms. The summed E-state index contributed by atoms with van der Waals surface area (Å²) in [4.78, 5) is 4.05. The third kappa shape index (κ3) is 4.29. The van der Waals surface area contributed by atoms with Crippen molar-refractivity contribution in [1.29, 1.82) is 0 Å². The van der Waals surface area contributed by atoms with Crippen LogP contribution < -0.4 is 20.7 Å². The number of nitrogen functional groups attached to an aromatic ring is 1. The summed E-state index contributed by atoms with van der Waals surface area (Å²) in [6.07, 6.45) is 2.40. The second-order valence-corrected chi connectivity index (χ2v) is 4.44. The van der Waals surface area contributed by atoms with Crippen molar-refractivity contribution < 1.29 is 9.47 Å². The zero-order valence-corrected chi connectivity index (χ0v) is 11.6. The molecule has 2 rings (SSSR count). The van der Waals surface area contributed by atoms with Gasteiger partial charge in [0.1, 0.15) is 5.75 Å².